The maximum atomic E-state index is 12.9. The molecule has 1 saturated carbocycles. The van der Waals surface area contributed by atoms with Gasteiger partial charge in [0.05, 0.1) is 18.4 Å². The zero-order chi connectivity index (χ0) is 27.8. The van der Waals surface area contributed by atoms with Gasteiger partial charge in [-0.3, -0.25) is 14.5 Å². The number of aliphatic carboxylic acids is 1. The van der Waals surface area contributed by atoms with Gasteiger partial charge in [-0.25, -0.2) is 0 Å². The van der Waals surface area contributed by atoms with E-state index in [2.05, 4.69) is 29.2 Å². The van der Waals surface area contributed by atoms with Crippen LogP contribution in [-0.2, 0) is 9.59 Å². The van der Waals surface area contributed by atoms with E-state index in [-0.39, 0.29) is 18.9 Å². The summed E-state index contributed by atoms with van der Waals surface area (Å²) < 4.78 is 11.7. The molecule has 3 aromatic carbocycles. The summed E-state index contributed by atoms with van der Waals surface area (Å²) in [6.45, 7) is 0.0875. The number of fused-ring (bicyclic) bond motifs is 3. The molecule has 0 radical (unpaired) electrons. The zero-order valence-electron chi connectivity index (χ0n) is 21.9. The van der Waals surface area contributed by atoms with Crippen molar-refractivity contribution >= 4 is 57.6 Å². The molecule has 2 aliphatic heterocycles. The summed E-state index contributed by atoms with van der Waals surface area (Å²) >= 11 is 6.57. The SMILES string of the molecule is COc1ccc(Oc2ccc(N3c4ccc(/C=C5\SC(=S)N(CCC(=O)O)C5=O)cc4C4CCCC43)cc2)cc1. The molecule has 40 heavy (non-hydrogen) atoms. The standard InChI is InChI=1S/C31H28N2O5S2/c1-37-21-10-12-23(13-11-21)38-22-8-6-20(7-9-22)33-26-4-2-3-24(26)25-17-19(5-14-27(25)33)18-28-30(36)32(31(39)40-28)16-15-29(34)35/h5-14,17-18,24,26H,2-4,15-16H2,1H3,(H,34,35)/b28-18-. The number of amides is 1. The highest BCUT2D eigenvalue weighted by Gasteiger charge is 2.42. The molecule has 3 aliphatic rings. The van der Waals surface area contributed by atoms with Gasteiger partial charge in [0.15, 0.2) is 0 Å². The van der Waals surface area contributed by atoms with Crippen LogP contribution in [-0.4, -0.2) is 45.9 Å². The van der Waals surface area contributed by atoms with Crippen molar-refractivity contribution in [2.75, 3.05) is 18.6 Å². The topological polar surface area (TPSA) is 79.3 Å². The van der Waals surface area contributed by atoms with Crippen LogP contribution >= 0.6 is 24.0 Å². The number of carbonyl (C=O) groups excluding carboxylic acids is 1. The van der Waals surface area contributed by atoms with Crippen molar-refractivity contribution in [2.45, 2.75) is 37.6 Å². The van der Waals surface area contributed by atoms with Gasteiger partial charge in [-0.15, -0.1) is 0 Å². The molecule has 6 rings (SSSR count). The first kappa shape index (κ1) is 26.4. The highest BCUT2D eigenvalue weighted by molar-refractivity contribution is 8.26. The van der Waals surface area contributed by atoms with Gasteiger partial charge >= 0.3 is 5.97 Å². The zero-order valence-corrected chi connectivity index (χ0v) is 23.5. The molecular weight excluding hydrogens is 544 g/mol. The summed E-state index contributed by atoms with van der Waals surface area (Å²) in [6, 6.07) is 22.5. The minimum absolute atomic E-state index is 0.0875. The van der Waals surface area contributed by atoms with Crippen LogP contribution in [0.15, 0.2) is 71.6 Å². The quantitative estimate of drug-likeness (QED) is 0.229. The first-order valence-electron chi connectivity index (χ1n) is 13.2. The van der Waals surface area contributed by atoms with Gasteiger partial charge in [0.2, 0.25) is 0 Å². The van der Waals surface area contributed by atoms with E-state index in [0.717, 1.165) is 41.3 Å². The van der Waals surface area contributed by atoms with Crippen LogP contribution in [0.5, 0.6) is 17.2 Å². The Hall–Kier alpha value is -3.82. The molecule has 2 unspecified atom stereocenters. The Labute approximate surface area is 242 Å². The average Bonchev–Trinajstić information content (AvgIpc) is 3.62. The maximum Gasteiger partial charge on any atom is 0.305 e. The lowest BCUT2D eigenvalue weighted by Gasteiger charge is -2.27. The predicted octanol–water partition coefficient (Wildman–Crippen LogP) is 6.95. The molecule has 1 aliphatic carbocycles. The van der Waals surface area contributed by atoms with Gasteiger partial charge < -0.3 is 19.5 Å². The number of carboxylic acids is 1. The smallest absolute Gasteiger partial charge is 0.305 e. The van der Waals surface area contributed by atoms with Crippen LogP contribution in [0.1, 0.15) is 42.7 Å². The van der Waals surface area contributed by atoms with Crippen molar-refractivity contribution in [1.29, 1.82) is 0 Å². The van der Waals surface area contributed by atoms with Crippen LogP contribution < -0.4 is 14.4 Å². The number of hydrogen-bond acceptors (Lipinski definition) is 7. The van der Waals surface area contributed by atoms with E-state index >= 15 is 0 Å². The van der Waals surface area contributed by atoms with Crippen molar-refractivity contribution in [3.05, 3.63) is 82.8 Å². The van der Waals surface area contributed by atoms with E-state index in [4.69, 9.17) is 26.8 Å². The number of methoxy groups -OCH3 is 1. The van der Waals surface area contributed by atoms with Crippen LogP contribution in [0.2, 0.25) is 0 Å². The summed E-state index contributed by atoms with van der Waals surface area (Å²) in [5.41, 5.74) is 4.58. The fourth-order valence-electron chi connectivity index (χ4n) is 5.81. The number of anilines is 2. The number of ether oxygens (including phenoxy) is 2. The first-order chi connectivity index (χ1) is 19.4. The molecule has 1 amide bonds. The van der Waals surface area contributed by atoms with Crippen molar-refractivity contribution < 1.29 is 24.2 Å². The number of thiocarbonyl (C=S) groups is 1. The third kappa shape index (κ3) is 5.07. The molecule has 9 heteroatoms. The lowest BCUT2D eigenvalue weighted by atomic mass is 9.96. The van der Waals surface area contributed by atoms with Crippen molar-refractivity contribution in [3.8, 4) is 17.2 Å². The lowest BCUT2D eigenvalue weighted by molar-refractivity contribution is -0.137. The van der Waals surface area contributed by atoms with E-state index in [9.17, 15) is 9.59 Å². The summed E-state index contributed by atoms with van der Waals surface area (Å²) in [6.07, 6.45) is 5.18. The Morgan fingerprint density at radius 3 is 2.45 bits per heavy atom. The van der Waals surface area contributed by atoms with E-state index in [1.54, 1.807) is 7.11 Å². The fourth-order valence-corrected chi connectivity index (χ4v) is 7.12. The minimum Gasteiger partial charge on any atom is -0.497 e. The predicted molar refractivity (Wildman–Crippen MR) is 161 cm³/mol. The highest BCUT2D eigenvalue weighted by Crippen LogP contribution is 2.52. The van der Waals surface area contributed by atoms with Gasteiger partial charge in [-0.2, -0.15) is 0 Å². The van der Waals surface area contributed by atoms with Gasteiger partial charge in [0, 0.05) is 29.9 Å². The van der Waals surface area contributed by atoms with E-state index in [1.165, 1.54) is 34.3 Å². The first-order valence-corrected chi connectivity index (χ1v) is 14.5. The van der Waals surface area contributed by atoms with Gasteiger partial charge in [-0.1, -0.05) is 36.5 Å². The van der Waals surface area contributed by atoms with E-state index in [0.29, 0.717) is 21.2 Å². The van der Waals surface area contributed by atoms with Gasteiger partial charge in [0.1, 0.15) is 21.6 Å². The van der Waals surface area contributed by atoms with E-state index in [1.807, 2.05) is 48.5 Å². The molecular formula is C31H28N2O5S2. The summed E-state index contributed by atoms with van der Waals surface area (Å²) in [5.74, 6) is 1.56. The largest absolute Gasteiger partial charge is 0.497 e. The normalized spacial score (nSPS) is 20.7. The summed E-state index contributed by atoms with van der Waals surface area (Å²) in [4.78, 5) is 28.2. The number of rotatable bonds is 8. The Bertz CT molecular complexity index is 1500. The molecule has 0 bridgehead atoms. The van der Waals surface area contributed by atoms with Crippen molar-refractivity contribution in [2.24, 2.45) is 0 Å². The minimum atomic E-state index is -0.952. The van der Waals surface area contributed by atoms with Crippen LogP contribution in [0.25, 0.3) is 6.08 Å². The molecule has 1 saturated heterocycles. The maximum absolute atomic E-state index is 12.9. The van der Waals surface area contributed by atoms with Crippen molar-refractivity contribution in [1.82, 2.24) is 4.90 Å². The number of carboxylic acid groups (broad SMARTS) is 1. The molecule has 2 heterocycles. The molecule has 1 N–H and O–H groups in total. The Morgan fingerprint density at radius 2 is 1.75 bits per heavy atom. The van der Waals surface area contributed by atoms with Crippen LogP contribution in [0.3, 0.4) is 0 Å². The monoisotopic (exact) mass is 572 g/mol. The molecule has 2 atom stereocenters. The van der Waals surface area contributed by atoms with Gasteiger partial charge in [0.25, 0.3) is 5.91 Å². The molecule has 0 spiro atoms. The second kappa shape index (κ2) is 11.0. The van der Waals surface area contributed by atoms with E-state index < -0.39 is 5.97 Å². The number of carbonyl (C=O) groups is 2. The molecule has 204 valence electrons. The van der Waals surface area contributed by atoms with Crippen LogP contribution in [0, 0.1) is 0 Å². The second-order valence-corrected chi connectivity index (χ2v) is 11.7. The van der Waals surface area contributed by atoms with Crippen molar-refractivity contribution in [3.63, 3.8) is 0 Å². The fraction of sp³-hybridized carbons (Fsp3) is 0.258. The number of nitrogens with zero attached hydrogens (tertiary/aromatic N) is 2. The molecule has 3 aromatic rings. The number of benzene rings is 3. The number of thioether (sulfide) groups is 1. The molecule has 7 nitrogen and oxygen atoms in total. The average molecular weight is 573 g/mol. The second-order valence-electron chi connectivity index (χ2n) is 10.0. The van der Waals surface area contributed by atoms with Crippen LogP contribution in [0.4, 0.5) is 11.4 Å². The highest BCUT2D eigenvalue weighted by atomic mass is 32.2. The Kier molecular flexibility index (Phi) is 7.25. The Balaban J connectivity index is 1.23. The summed E-state index contributed by atoms with van der Waals surface area (Å²) in [7, 11) is 1.64. The van der Waals surface area contributed by atoms with Gasteiger partial charge in [-0.05, 0) is 90.7 Å². The molecule has 2 fully saturated rings. The summed E-state index contributed by atoms with van der Waals surface area (Å²) in [5, 5.41) is 8.99. The lowest BCUT2D eigenvalue weighted by Crippen LogP contribution is -2.30. The molecule has 0 aromatic heterocycles. The Morgan fingerprint density at radius 1 is 1.05 bits per heavy atom. The third-order valence-corrected chi connectivity index (χ3v) is 9.03. The third-order valence-electron chi connectivity index (χ3n) is 7.65. The number of hydrogen-bond donors (Lipinski definition) is 1.